The van der Waals surface area contributed by atoms with Gasteiger partial charge in [0, 0.05) is 6.04 Å². The molecule has 0 fully saturated rings. The largest absolute Gasteiger partial charge is 0.469 e. The molecule has 0 saturated heterocycles. The zero-order valence-corrected chi connectivity index (χ0v) is 28.2. The van der Waals surface area contributed by atoms with Crippen molar-refractivity contribution in [3.05, 3.63) is 0 Å². The summed E-state index contributed by atoms with van der Waals surface area (Å²) in [7, 11) is -11.6. The lowest BCUT2D eigenvalue weighted by atomic mass is 10.4. The highest BCUT2D eigenvalue weighted by atomic mass is 28.5. The zero-order chi connectivity index (χ0) is 23.4. The number of rotatable bonds is 14. The van der Waals surface area contributed by atoms with E-state index in [2.05, 4.69) is 92.0 Å². The highest BCUT2D eigenvalue weighted by Crippen LogP contribution is 2.33. The number of unbranched alkanes of at least 4 members (excludes halogenated alkanes) is 1. The Labute approximate surface area is 189 Å². The van der Waals surface area contributed by atoms with Crippen LogP contribution in [0.2, 0.25) is 103 Å². The second-order valence-electron chi connectivity index (χ2n) is 12.6. The van der Waals surface area contributed by atoms with Gasteiger partial charge in [0.2, 0.25) is 0 Å². The Morgan fingerprint density at radius 1 is 0.448 bits per heavy atom. The molecule has 0 bridgehead atoms. The van der Waals surface area contributed by atoms with Crippen molar-refractivity contribution in [2.75, 3.05) is 0 Å². The molecule has 4 nitrogen and oxygen atoms in total. The van der Waals surface area contributed by atoms with Crippen molar-refractivity contribution in [2.45, 2.75) is 123 Å². The first-order valence-corrected chi connectivity index (χ1v) is 29.8. The smallest absolute Gasteiger partial charge is 0.456 e. The predicted octanol–water partition coefficient (Wildman–Crippen LogP) is 7.71. The first-order chi connectivity index (χ1) is 12.6. The van der Waals surface area contributed by atoms with Crippen LogP contribution in [0.5, 0.6) is 0 Å². The summed E-state index contributed by atoms with van der Waals surface area (Å²) in [6.07, 6.45) is 2.52. The van der Waals surface area contributed by atoms with Gasteiger partial charge in [0.15, 0.2) is 41.6 Å². The van der Waals surface area contributed by atoms with Crippen LogP contribution in [0.4, 0.5) is 0 Å². The van der Waals surface area contributed by atoms with Crippen molar-refractivity contribution in [1.29, 1.82) is 0 Å². The minimum absolute atomic E-state index is 0.906. The Bertz CT molecular complexity index is 452. The van der Waals surface area contributed by atoms with Crippen molar-refractivity contribution in [3.63, 3.8) is 0 Å². The standard InChI is InChI=1S/C19H52O4Si6/c1-15-16-17-27(11,12)23-28(13,14)18-19-29(20-24(2,3)4,21-25(5,6)7)22-26(8,9)10/h15-19H2,1-14H3. The normalized spacial score (nSPS) is 15.1. The first-order valence-electron chi connectivity index (χ1n) is 11.4. The molecule has 0 saturated carbocycles. The van der Waals surface area contributed by atoms with Gasteiger partial charge in [0.25, 0.3) is 0 Å². The molecule has 0 amide bonds. The molecule has 0 aromatic heterocycles. The lowest BCUT2D eigenvalue weighted by molar-refractivity contribution is 0.253. The fourth-order valence-corrected chi connectivity index (χ4v) is 29.2. The van der Waals surface area contributed by atoms with Crippen LogP contribution in [0.25, 0.3) is 0 Å². The van der Waals surface area contributed by atoms with Gasteiger partial charge in [-0.2, -0.15) is 0 Å². The second kappa shape index (κ2) is 10.8. The third-order valence-electron chi connectivity index (χ3n) is 4.10. The van der Waals surface area contributed by atoms with E-state index in [0.717, 1.165) is 12.1 Å². The molecule has 0 aromatic rings. The lowest BCUT2D eigenvalue weighted by Gasteiger charge is -2.44. The van der Waals surface area contributed by atoms with E-state index in [1.165, 1.54) is 18.9 Å². The summed E-state index contributed by atoms with van der Waals surface area (Å²) >= 11 is 0. The predicted molar refractivity (Wildman–Crippen MR) is 144 cm³/mol. The van der Waals surface area contributed by atoms with Crippen LogP contribution >= 0.6 is 0 Å². The van der Waals surface area contributed by atoms with E-state index in [4.69, 9.17) is 16.5 Å². The van der Waals surface area contributed by atoms with Crippen LogP contribution in [0.1, 0.15) is 19.8 Å². The average Bonchev–Trinajstić information content (AvgIpc) is 2.36. The molecule has 0 heterocycles. The van der Waals surface area contributed by atoms with E-state index in [1.54, 1.807) is 0 Å². The van der Waals surface area contributed by atoms with Gasteiger partial charge in [-0.25, -0.2) is 0 Å². The maximum absolute atomic E-state index is 6.88. The van der Waals surface area contributed by atoms with Crippen molar-refractivity contribution in [3.8, 4) is 0 Å². The van der Waals surface area contributed by atoms with Gasteiger partial charge in [0.1, 0.15) is 0 Å². The van der Waals surface area contributed by atoms with E-state index in [0.29, 0.717) is 0 Å². The molecule has 0 rings (SSSR count). The molecule has 0 spiro atoms. The Morgan fingerprint density at radius 2 is 0.793 bits per heavy atom. The summed E-state index contributed by atoms with van der Waals surface area (Å²) in [4.78, 5) is 0. The SMILES string of the molecule is CCCC[Si](C)(C)O[Si](C)(C)CC[Si](O[Si](C)(C)C)(O[Si](C)(C)C)O[Si](C)(C)C. The highest BCUT2D eigenvalue weighted by molar-refractivity contribution is 6.91. The van der Waals surface area contributed by atoms with Crippen LogP contribution in [0.3, 0.4) is 0 Å². The molecule has 0 atom stereocenters. The van der Waals surface area contributed by atoms with Crippen LogP contribution in [0, 0.1) is 0 Å². The quantitative estimate of drug-likeness (QED) is 0.223. The van der Waals surface area contributed by atoms with Gasteiger partial charge < -0.3 is 16.5 Å². The highest BCUT2D eigenvalue weighted by Gasteiger charge is 2.51. The monoisotopic (exact) mass is 512 g/mol. The summed E-state index contributed by atoms with van der Waals surface area (Å²) in [6, 6.07) is 3.22. The summed E-state index contributed by atoms with van der Waals surface area (Å²) in [5.41, 5.74) is 0. The van der Waals surface area contributed by atoms with Crippen LogP contribution in [0.15, 0.2) is 0 Å². The molecular formula is C19H52O4Si6. The van der Waals surface area contributed by atoms with Gasteiger partial charge in [0.05, 0.1) is 0 Å². The maximum Gasteiger partial charge on any atom is 0.469 e. The van der Waals surface area contributed by atoms with Gasteiger partial charge in [-0.05, 0) is 97.2 Å². The Morgan fingerprint density at radius 3 is 1.10 bits per heavy atom. The third-order valence-corrected chi connectivity index (χ3v) is 24.0. The van der Waals surface area contributed by atoms with E-state index in [9.17, 15) is 0 Å². The number of hydrogen-bond acceptors (Lipinski definition) is 4. The van der Waals surface area contributed by atoms with E-state index in [1.807, 2.05) is 0 Å². The zero-order valence-electron chi connectivity index (χ0n) is 22.2. The van der Waals surface area contributed by atoms with Gasteiger partial charge in [-0.3, -0.25) is 0 Å². The van der Waals surface area contributed by atoms with Crippen molar-refractivity contribution in [1.82, 2.24) is 0 Å². The summed E-state index contributed by atoms with van der Waals surface area (Å²) in [6.45, 7) is 32.1. The summed E-state index contributed by atoms with van der Waals surface area (Å²) < 4.78 is 27.4. The van der Waals surface area contributed by atoms with Crippen LogP contribution in [-0.2, 0) is 16.5 Å². The molecular weight excluding hydrogens is 461 g/mol. The van der Waals surface area contributed by atoms with Crippen molar-refractivity contribution < 1.29 is 16.5 Å². The Kier molecular flexibility index (Phi) is 11.3. The Balaban J connectivity index is 5.66. The Hall–Kier alpha value is 1.14. The van der Waals surface area contributed by atoms with Gasteiger partial charge in [-0.1, -0.05) is 19.8 Å². The van der Waals surface area contributed by atoms with Gasteiger partial charge >= 0.3 is 8.80 Å². The van der Waals surface area contributed by atoms with Crippen LogP contribution in [-0.4, -0.2) is 50.4 Å². The first kappa shape index (κ1) is 30.1. The summed E-state index contributed by atoms with van der Waals surface area (Å²) in [5.74, 6) is 0. The number of hydrogen-bond donors (Lipinski definition) is 0. The second-order valence-corrected chi connectivity index (χ2v) is 38.4. The fraction of sp³-hybridized carbons (Fsp3) is 1.00. The minimum Gasteiger partial charge on any atom is -0.456 e. The summed E-state index contributed by atoms with van der Waals surface area (Å²) in [5, 5.41) is 0. The topological polar surface area (TPSA) is 36.9 Å². The van der Waals surface area contributed by atoms with Crippen molar-refractivity contribution >= 4 is 50.4 Å². The molecule has 0 N–H and O–H groups in total. The molecule has 0 aromatic carbocycles. The molecule has 0 aliphatic heterocycles. The average molecular weight is 513 g/mol. The van der Waals surface area contributed by atoms with E-state index in [-0.39, 0.29) is 0 Å². The molecule has 10 heteroatoms. The van der Waals surface area contributed by atoms with Gasteiger partial charge in [-0.15, -0.1) is 0 Å². The maximum atomic E-state index is 6.88. The van der Waals surface area contributed by atoms with E-state index < -0.39 is 50.4 Å². The lowest BCUT2D eigenvalue weighted by Crippen LogP contribution is -2.61. The molecule has 0 aliphatic carbocycles. The molecule has 0 radical (unpaired) electrons. The van der Waals surface area contributed by atoms with Crippen LogP contribution < -0.4 is 0 Å². The third kappa shape index (κ3) is 15.6. The molecule has 0 aliphatic rings. The van der Waals surface area contributed by atoms with E-state index >= 15 is 0 Å². The molecule has 29 heavy (non-hydrogen) atoms. The molecule has 176 valence electrons. The van der Waals surface area contributed by atoms with Crippen molar-refractivity contribution in [2.24, 2.45) is 0 Å². The minimum atomic E-state index is -2.76. The molecule has 0 unspecified atom stereocenters. The fourth-order valence-electron chi connectivity index (χ4n) is 3.52.